The second-order valence-electron chi connectivity index (χ2n) is 22.8. The molecular formula is C66H129NO5. The Balaban J connectivity index is 3.40. The highest BCUT2D eigenvalue weighted by Crippen LogP contribution is 2.19. The number of esters is 1. The van der Waals surface area contributed by atoms with Crippen LogP contribution >= 0.6 is 0 Å². The third kappa shape index (κ3) is 57.9. The Kier molecular flexibility index (Phi) is 60.9. The monoisotopic (exact) mass is 1020 g/mol. The van der Waals surface area contributed by atoms with Gasteiger partial charge in [0.2, 0.25) is 5.91 Å². The molecule has 6 heteroatoms. The van der Waals surface area contributed by atoms with Gasteiger partial charge < -0.3 is 20.3 Å². The number of unbranched alkanes of at least 4 members (excludes halogenated alkanes) is 49. The number of aliphatic hydroxyl groups excluding tert-OH is 2. The van der Waals surface area contributed by atoms with Gasteiger partial charge in [0.1, 0.15) is 0 Å². The SMILES string of the molecule is CCCCCCCC/C=C\CCCCCCCCCC(=O)OCCCCCCCCCCCCCCCCCCCC(=O)NC(CO)C(O)CCCCCCCCCCCCCCCCCCCCCCC. The van der Waals surface area contributed by atoms with Gasteiger partial charge in [-0.1, -0.05) is 321 Å². The van der Waals surface area contributed by atoms with Crippen LogP contribution in [0.5, 0.6) is 0 Å². The number of rotatable bonds is 62. The first-order chi connectivity index (χ1) is 35.5. The molecule has 0 aliphatic rings. The van der Waals surface area contributed by atoms with Crippen molar-refractivity contribution in [2.45, 2.75) is 386 Å². The molecule has 72 heavy (non-hydrogen) atoms. The van der Waals surface area contributed by atoms with E-state index >= 15 is 0 Å². The third-order valence-electron chi connectivity index (χ3n) is 15.6. The lowest BCUT2D eigenvalue weighted by Gasteiger charge is -2.22. The molecule has 0 aromatic heterocycles. The molecule has 0 aliphatic heterocycles. The van der Waals surface area contributed by atoms with Gasteiger partial charge in [0.15, 0.2) is 0 Å². The van der Waals surface area contributed by atoms with Crippen molar-refractivity contribution in [3.05, 3.63) is 12.2 Å². The van der Waals surface area contributed by atoms with Crippen molar-refractivity contribution in [1.82, 2.24) is 5.32 Å². The van der Waals surface area contributed by atoms with Gasteiger partial charge in [-0.3, -0.25) is 9.59 Å². The molecule has 1 amide bonds. The van der Waals surface area contributed by atoms with Gasteiger partial charge in [0.25, 0.3) is 0 Å². The number of allylic oxidation sites excluding steroid dienone is 2. The van der Waals surface area contributed by atoms with Crippen LogP contribution in [0, 0.1) is 0 Å². The molecule has 2 atom stereocenters. The molecule has 0 aromatic rings. The van der Waals surface area contributed by atoms with Crippen molar-refractivity contribution in [3.63, 3.8) is 0 Å². The number of carbonyl (C=O) groups excluding carboxylic acids is 2. The van der Waals surface area contributed by atoms with E-state index in [0.717, 1.165) is 44.9 Å². The second-order valence-corrected chi connectivity index (χ2v) is 22.8. The maximum atomic E-state index is 12.5. The predicted octanol–water partition coefficient (Wildman–Crippen LogP) is 20.8. The molecule has 428 valence electrons. The standard InChI is InChI=1S/C66H129NO5/c1-3-5-7-9-11-13-15-17-19-21-22-23-24-27-30-34-38-42-46-50-54-58-64(69)63(62-68)67-65(70)59-55-51-47-43-39-35-31-28-25-29-33-37-41-45-49-53-57-61-72-66(71)60-56-52-48-44-40-36-32-26-20-18-16-14-12-10-8-6-4-2/h18,20,63-64,68-69H,3-17,19,21-62H2,1-2H3,(H,67,70)/b20-18-. The first-order valence-electron chi connectivity index (χ1n) is 32.9. The fraction of sp³-hybridized carbons (Fsp3) is 0.939. The molecule has 0 saturated carbocycles. The molecule has 0 fully saturated rings. The van der Waals surface area contributed by atoms with Crippen LogP contribution in [0.1, 0.15) is 373 Å². The summed E-state index contributed by atoms with van der Waals surface area (Å²) in [6.07, 6.45) is 75.1. The zero-order valence-electron chi connectivity index (χ0n) is 48.9. The molecule has 2 unspecified atom stereocenters. The molecular weight excluding hydrogens is 887 g/mol. The minimum atomic E-state index is -0.669. The van der Waals surface area contributed by atoms with E-state index in [-0.39, 0.29) is 18.5 Å². The van der Waals surface area contributed by atoms with E-state index in [9.17, 15) is 19.8 Å². The molecule has 0 radical (unpaired) electrons. The second kappa shape index (κ2) is 62.1. The summed E-state index contributed by atoms with van der Waals surface area (Å²) in [5.41, 5.74) is 0. The van der Waals surface area contributed by atoms with E-state index < -0.39 is 12.1 Å². The highest BCUT2D eigenvalue weighted by atomic mass is 16.5. The Hall–Kier alpha value is -1.40. The zero-order valence-corrected chi connectivity index (χ0v) is 48.9. The van der Waals surface area contributed by atoms with Crippen molar-refractivity contribution < 1.29 is 24.5 Å². The topological polar surface area (TPSA) is 95.9 Å². The van der Waals surface area contributed by atoms with Crippen LogP contribution in [0.25, 0.3) is 0 Å². The van der Waals surface area contributed by atoms with Gasteiger partial charge >= 0.3 is 5.97 Å². The largest absolute Gasteiger partial charge is 0.466 e. The van der Waals surface area contributed by atoms with Crippen LogP contribution in [-0.2, 0) is 14.3 Å². The van der Waals surface area contributed by atoms with E-state index in [1.54, 1.807) is 0 Å². The van der Waals surface area contributed by atoms with Crippen molar-refractivity contribution in [1.29, 1.82) is 0 Å². The van der Waals surface area contributed by atoms with Crippen LogP contribution in [0.2, 0.25) is 0 Å². The maximum absolute atomic E-state index is 12.5. The third-order valence-corrected chi connectivity index (χ3v) is 15.6. The van der Waals surface area contributed by atoms with Crippen molar-refractivity contribution in [2.75, 3.05) is 13.2 Å². The highest BCUT2D eigenvalue weighted by molar-refractivity contribution is 5.76. The number of aliphatic hydroxyl groups is 2. The van der Waals surface area contributed by atoms with Crippen LogP contribution in [0.3, 0.4) is 0 Å². The summed E-state index contributed by atoms with van der Waals surface area (Å²) in [5.74, 6) is -0.0326. The average molecular weight is 1020 g/mol. The van der Waals surface area contributed by atoms with Crippen molar-refractivity contribution in [3.8, 4) is 0 Å². The van der Waals surface area contributed by atoms with Crippen LogP contribution in [0.4, 0.5) is 0 Å². The number of carbonyl (C=O) groups is 2. The minimum absolute atomic E-state index is 0.00336. The van der Waals surface area contributed by atoms with E-state index in [2.05, 4.69) is 31.3 Å². The zero-order chi connectivity index (χ0) is 52.2. The van der Waals surface area contributed by atoms with Gasteiger partial charge in [-0.15, -0.1) is 0 Å². The lowest BCUT2D eigenvalue weighted by molar-refractivity contribution is -0.143. The lowest BCUT2D eigenvalue weighted by Crippen LogP contribution is -2.45. The van der Waals surface area contributed by atoms with Crippen LogP contribution in [-0.4, -0.2) is 47.4 Å². The molecule has 0 aromatic carbocycles. The molecule has 6 nitrogen and oxygen atoms in total. The fourth-order valence-electron chi connectivity index (χ4n) is 10.5. The van der Waals surface area contributed by atoms with Crippen molar-refractivity contribution in [2.24, 2.45) is 0 Å². The van der Waals surface area contributed by atoms with Gasteiger partial charge in [0.05, 0.1) is 25.4 Å². The van der Waals surface area contributed by atoms with Crippen LogP contribution < -0.4 is 5.32 Å². The van der Waals surface area contributed by atoms with E-state index in [0.29, 0.717) is 25.9 Å². The van der Waals surface area contributed by atoms with Gasteiger partial charge in [0, 0.05) is 12.8 Å². The Labute approximate surface area is 450 Å². The summed E-state index contributed by atoms with van der Waals surface area (Å²) < 4.78 is 5.49. The van der Waals surface area contributed by atoms with E-state index in [1.807, 2.05) is 0 Å². The Morgan fingerprint density at radius 1 is 0.375 bits per heavy atom. The summed E-state index contributed by atoms with van der Waals surface area (Å²) in [6, 6.07) is -0.546. The fourth-order valence-corrected chi connectivity index (χ4v) is 10.5. The first kappa shape index (κ1) is 70.6. The van der Waals surface area contributed by atoms with Gasteiger partial charge in [-0.2, -0.15) is 0 Å². The average Bonchev–Trinajstić information content (AvgIpc) is 3.38. The van der Waals surface area contributed by atoms with Crippen LogP contribution in [0.15, 0.2) is 12.2 Å². The molecule has 0 aliphatic carbocycles. The summed E-state index contributed by atoms with van der Waals surface area (Å²) in [7, 11) is 0. The summed E-state index contributed by atoms with van der Waals surface area (Å²) in [6.45, 7) is 4.97. The molecule has 0 saturated heterocycles. The summed E-state index contributed by atoms with van der Waals surface area (Å²) >= 11 is 0. The number of ether oxygens (including phenoxy) is 1. The predicted molar refractivity (Wildman–Crippen MR) is 315 cm³/mol. The molecule has 0 rings (SSSR count). The summed E-state index contributed by atoms with van der Waals surface area (Å²) in [4.78, 5) is 24.6. The van der Waals surface area contributed by atoms with Crippen molar-refractivity contribution >= 4 is 11.9 Å². The van der Waals surface area contributed by atoms with E-state index in [4.69, 9.17) is 4.74 Å². The normalized spacial score (nSPS) is 12.6. The Morgan fingerprint density at radius 3 is 0.986 bits per heavy atom. The Bertz CT molecular complexity index is 1080. The number of hydrogen-bond donors (Lipinski definition) is 3. The molecule has 0 heterocycles. The quantitative estimate of drug-likeness (QED) is 0.0320. The number of amides is 1. The maximum Gasteiger partial charge on any atom is 0.305 e. The highest BCUT2D eigenvalue weighted by Gasteiger charge is 2.20. The van der Waals surface area contributed by atoms with Gasteiger partial charge in [-0.25, -0.2) is 0 Å². The first-order valence-corrected chi connectivity index (χ1v) is 32.9. The lowest BCUT2D eigenvalue weighted by atomic mass is 10.0. The summed E-state index contributed by atoms with van der Waals surface area (Å²) in [5, 5.41) is 23.4. The van der Waals surface area contributed by atoms with Gasteiger partial charge in [-0.05, 0) is 51.4 Å². The molecule has 0 bridgehead atoms. The smallest absolute Gasteiger partial charge is 0.305 e. The molecule has 3 N–H and O–H groups in total. The van der Waals surface area contributed by atoms with E-state index in [1.165, 1.54) is 295 Å². The number of nitrogens with one attached hydrogen (secondary N) is 1. The molecule has 0 spiro atoms. The number of hydrogen-bond acceptors (Lipinski definition) is 5. The Morgan fingerprint density at radius 2 is 0.653 bits per heavy atom. The minimum Gasteiger partial charge on any atom is -0.466 e.